The number of thiazole rings is 1. The van der Waals surface area contributed by atoms with Crippen LogP contribution in [0.2, 0.25) is 0 Å². The highest BCUT2D eigenvalue weighted by Gasteiger charge is 2.18. The molecule has 96 valence electrons. The van der Waals surface area contributed by atoms with Crippen molar-refractivity contribution < 1.29 is 0 Å². The van der Waals surface area contributed by atoms with Crippen LogP contribution in [0.15, 0.2) is 5.38 Å². The molecule has 17 heavy (non-hydrogen) atoms. The molecule has 1 aliphatic heterocycles. The SMILES string of the molecule is CC(C)c1csc(CC(C)N2CCNCC2)n1. The molecular weight excluding hydrogens is 230 g/mol. The molecule has 2 heterocycles. The van der Waals surface area contributed by atoms with E-state index in [1.165, 1.54) is 23.8 Å². The van der Waals surface area contributed by atoms with Gasteiger partial charge in [0.15, 0.2) is 0 Å². The van der Waals surface area contributed by atoms with Crippen molar-refractivity contribution in [1.29, 1.82) is 0 Å². The lowest BCUT2D eigenvalue weighted by atomic mass is 10.1. The van der Waals surface area contributed by atoms with Crippen LogP contribution in [0.25, 0.3) is 0 Å². The summed E-state index contributed by atoms with van der Waals surface area (Å²) < 4.78 is 0. The molecule has 0 saturated carbocycles. The lowest BCUT2D eigenvalue weighted by Gasteiger charge is -2.32. The molecule has 1 aromatic rings. The average molecular weight is 253 g/mol. The Morgan fingerprint density at radius 1 is 1.35 bits per heavy atom. The number of hydrogen-bond donors (Lipinski definition) is 1. The van der Waals surface area contributed by atoms with Gasteiger partial charge in [-0.1, -0.05) is 13.8 Å². The van der Waals surface area contributed by atoms with Crippen LogP contribution in [0.3, 0.4) is 0 Å². The van der Waals surface area contributed by atoms with E-state index >= 15 is 0 Å². The zero-order valence-electron chi connectivity index (χ0n) is 11.1. The molecule has 3 nitrogen and oxygen atoms in total. The van der Waals surface area contributed by atoms with E-state index in [1.807, 2.05) is 11.3 Å². The van der Waals surface area contributed by atoms with Crippen molar-refractivity contribution in [3.05, 3.63) is 16.1 Å². The highest BCUT2D eigenvalue weighted by molar-refractivity contribution is 7.09. The van der Waals surface area contributed by atoms with E-state index < -0.39 is 0 Å². The van der Waals surface area contributed by atoms with Gasteiger partial charge < -0.3 is 5.32 Å². The van der Waals surface area contributed by atoms with Crippen molar-refractivity contribution in [2.75, 3.05) is 26.2 Å². The quantitative estimate of drug-likeness (QED) is 0.891. The van der Waals surface area contributed by atoms with E-state index in [4.69, 9.17) is 4.98 Å². The van der Waals surface area contributed by atoms with E-state index in [0.717, 1.165) is 19.5 Å². The minimum absolute atomic E-state index is 0.550. The highest BCUT2D eigenvalue weighted by Crippen LogP contribution is 2.19. The lowest BCUT2D eigenvalue weighted by Crippen LogP contribution is -2.48. The molecule has 0 spiro atoms. The predicted octanol–water partition coefficient (Wildman–Crippen LogP) is 2.10. The molecule has 2 rings (SSSR count). The summed E-state index contributed by atoms with van der Waals surface area (Å²) in [6.45, 7) is 11.3. The largest absolute Gasteiger partial charge is 0.314 e. The van der Waals surface area contributed by atoms with Gasteiger partial charge in [-0.15, -0.1) is 11.3 Å². The second kappa shape index (κ2) is 5.94. The molecule has 1 N–H and O–H groups in total. The predicted molar refractivity (Wildman–Crippen MR) is 73.8 cm³/mol. The Balaban J connectivity index is 1.90. The Labute approximate surface area is 108 Å². The van der Waals surface area contributed by atoms with Gasteiger partial charge in [-0.2, -0.15) is 0 Å². The topological polar surface area (TPSA) is 28.2 Å². The smallest absolute Gasteiger partial charge is 0.0943 e. The zero-order chi connectivity index (χ0) is 12.3. The third-order valence-corrected chi connectivity index (χ3v) is 4.30. The number of rotatable bonds is 4. The Bertz CT molecular complexity index is 342. The van der Waals surface area contributed by atoms with Crippen LogP contribution in [0.5, 0.6) is 0 Å². The zero-order valence-corrected chi connectivity index (χ0v) is 11.9. The minimum atomic E-state index is 0.550. The third-order valence-electron chi connectivity index (χ3n) is 3.41. The second-order valence-corrected chi connectivity index (χ2v) is 6.10. The van der Waals surface area contributed by atoms with Crippen molar-refractivity contribution in [1.82, 2.24) is 15.2 Å². The number of hydrogen-bond acceptors (Lipinski definition) is 4. The number of piperazine rings is 1. The van der Waals surface area contributed by atoms with Gasteiger partial charge in [0.1, 0.15) is 0 Å². The second-order valence-electron chi connectivity index (χ2n) is 5.16. The van der Waals surface area contributed by atoms with E-state index in [9.17, 15) is 0 Å². The number of nitrogens with one attached hydrogen (secondary N) is 1. The van der Waals surface area contributed by atoms with Crippen molar-refractivity contribution >= 4 is 11.3 Å². The average Bonchev–Trinajstić information content (AvgIpc) is 2.79. The molecule has 1 aliphatic rings. The van der Waals surface area contributed by atoms with Crippen molar-refractivity contribution in [2.24, 2.45) is 0 Å². The summed E-state index contributed by atoms with van der Waals surface area (Å²) in [5.74, 6) is 0.550. The normalized spacial score (nSPS) is 19.8. The Hall–Kier alpha value is -0.450. The summed E-state index contributed by atoms with van der Waals surface area (Å²) in [6, 6.07) is 0.614. The lowest BCUT2D eigenvalue weighted by molar-refractivity contribution is 0.183. The van der Waals surface area contributed by atoms with Crippen LogP contribution < -0.4 is 5.32 Å². The molecule has 1 saturated heterocycles. The maximum atomic E-state index is 4.72. The first kappa shape index (κ1) is 13.0. The Morgan fingerprint density at radius 3 is 2.65 bits per heavy atom. The summed E-state index contributed by atoms with van der Waals surface area (Å²) in [5, 5.41) is 6.90. The summed E-state index contributed by atoms with van der Waals surface area (Å²) in [6.07, 6.45) is 1.09. The summed E-state index contributed by atoms with van der Waals surface area (Å²) in [7, 11) is 0. The molecule has 1 aromatic heterocycles. The molecule has 0 radical (unpaired) electrons. The maximum Gasteiger partial charge on any atom is 0.0943 e. The van der Waals surface area contributed by atoms with Gasteiger partial charge in [0.25, 0.3) is 0 Å². The fraction of sp³-hybridized carbons (Fsp3) is 0.769. The van der Waals surface area contributed by atoms with Crippen molar-refractivity contribution in [3.63, 3.8) is 0 Å². The standard InChI is InChI=1S/C13H23N3S/c1-10(2)12-9-17-13(15-12)8-11(3)16-6-4-14-5-7-16/h9-11,14H,4-8H2,1-3H3. The van der Waals surface area contributed by atoms with Crippen molar-refractivity contribution in [3.8, 4) is 0 Å². The molecule has 1 atom stereocenters. The van der Waals surface area contributed by atoms with Gasteiger partial charge in [0, 0.05) is 44.0 Å². The van der Waals surface area contributed by atoms with Crippen LogP contribution in [0.4, 0.5) is 0 Å². The van der Waals surface area contributed by atoms with Gasteiger partial charge in [-0.25, -0.2) is 4.98 Å². The van der Waals surface area contributed by atoms with Gasteiger partial charge in [-0.05, 0) is 12.8 Å². The van der Waals surface area contributed by atoms with Crippen LogP contribution in [0.1, 0.15) is 37.4 Å². The van der Waals surface area contributed by atoms with Crippen molar-refractivity contribution in [2.45, 2.75) is 39.2 Å². The van der Waals surface area contributed by atoms with Gasteiger partial charge in [-0.3, -0.25) is 4.90 Å². The van der Waals surface area contributed by atoms with Gasteiger partial charge >= 0.3 is 0 Å². The van der Waals surface area contributed by atoms with Crippen LogP contribution in [-0.4, -0.2) is 42.1 Å². The third kappa shape index (κ3) is 3.50. The Kier molecular flexibility index (Phi) is 4.54. The fourth-order valence-electron chi connectivity index (χ4n) is 2.19. The molecule has 0 aliphatic carbocycles. The molecule has 4 heteroatoms. The number of aromatic nitrogens is 1. The maximum absolute atomic E-state index is 4.72. The van der Waals surface area contributed by atoms with Crippen LogP contribution >= 0.6 is 11.3 Å². The highest BCUT2D eigenvalue weighted by atomic mass is 32.1. The molecular formula is C13H23N3S. The van der Waals surface area contributed by atoms with Gasteiger partial charge in [0.05, 0.1) is 10.7 Å². The molecule has 0 amide bonds. The molecule has 1 unspecified atom stereocenters. The van der Waals surface area contributed by atoms with Gasteiger partial charge in [0.2, 0.25) is 0 Å². The first-order valence-corrected chi connectivity index (χ1v) is 7.44. The number of nitrogens with zero attached hydrogens (tertiary/aromatic N) is 2. The monoisotopic (exact) mass is 253 g/mol. The summed E-state index contributed by atoms with van der Waals surface area (Å²) in [5.41, 5.74) is 1.25. The van der Waals surface area contributed by atoms with E-state index in [1.54, 1.807) is 0 Å². The minimum Gasteiger partial charge on any atom is -0.314 e. The Morgan fingerprint density at radius 2 is 2.06 bits per heavy atom. The summed E-state index contributed by atoms with van der Waals surface area (Å²) in [4.78, 5) is 7.28. The first-order valence-electron chi connectivity index (χ1n) is 6.56. The molecule has 0 bridgehead atoms. The molecule has 0 aromatic carbocycles. The van der Waals surface area contributed by atoms with E-state index in [-0.39, 0.29) is 0 Å². The van der Waals surface area contributed by atoms with E-state index in [0.29, 0.717) is 12.0 Å². The van der Waals surface area contributed by atoms with Crippen LogP contribution in [0, 0.1) is 0 Å². The fourth-order valence-corrected chi connectivity index (χ4v) is 3.27. The first-order chi connectivity index (χ1) is 8.16. The van der Waals surface area contributed by atoms with E-state index in [2.05, 4.69) is 36.4 Å². The molecule has 1 fully saturated rings. The van der Waals surface area contributed by atoms with Crippen LogP contribution in [-0.2, 0) is 6.42 Å². The summed E-state index contributed by atoms with van der Waals surface area (Å²) >= 11 is 1.82.